The quantitative estimate of drug-likeness (QED) is 0.828. The number of aryl methyl sites for hydroxylation is 3. The van der Waals surface area contributed by atoms with Crippen LogP contribution in [0.3, 0.4) is 0 Å². The predicted molar refractivity (Wildman–Crippen MR) is 84.9 cm³/mol. The van der Waals surface area contributed by atoms with Crippen LogP contribution >= 0.6 is 27.3 Å². The smallest absolute Gasteiger partial charge is 0.180 e. The van der Waals surface area contributed by atoms with E-state index in [2.05, 4.69) is 46.9 Å². The number of halogens is 1. The Balaban J connectivity index is 2.14. The molecule has 2 aromatic rings. The summed E-state index contributed by atoms with van der Waals surface area (Å²) in [4.78, 5) is 5.86. The Morgan fingerprint density at radius 3 is 2.89 bits per heavy atom. The summed E-state index contributed by atoms with van der Waals surface area (Å²) in [5, 5.41) is 0.706. The minimum absolute atomic E-state index is 0.452. The first-order valence-electron chi connectivity index (χ1n) is 6.58. The maximum atomic E-state index is 5.89. The molecule has 0 saturated heterocycles. The summed E-state index contributed by atoms with van der Waals surface area (Å²) in [7, 11) is 0. The van der Waals surface area contributed by atoms with Crippen molar-refractivity contribution < 1.29 is 0 Å². The molecule has 2 nitrogen and oxygen atoms in total. The van der Waals surface area contributed by atoms with Gasteiger partial charge in [-0.25, -0.2) is 4.98 Å². The Morgan fingerprint density at radius 2 is 2.16 bits per heavy atom. The fourth-order valence-electron chi connectivity index (χ4n) is 3.08. The Labute approximate surface area is 126 Å². The van der Waals surface area contributed by atoms with E-state index >= 15 is 0 Å². The highest BCUT2D eigenvalue weighted by atomic mass is 79.9. The SMILES string of the molecule is Cc1cc(C)c(C2CCCc3nc(N)sc32)c(Br)c1. The van der Waals surface area contributed by atoms with E-state index in [-0.39, 0.29) is 0 Å². The molecule has 0 spiro atoms. The molecule has 0 radical (unpaired) electrons. The van der Waals surface area contributed by atoms with Crippen molar-refractivity contribution >= 4 is 32.4 Å². The van der Waals surface area contributed by atoms with Crippen LogP contribution in [-0.4, -0.2) is 4.98 Å². The number of fused-ring (bicyclic) bond motifs is 1. The van der Waals surface area contributed by atoms with Gasteiger partial charge >= 0.3 is 0 Å². The van der Waals surface area contributed by atoms with E-state index in [0.717, 1.165) is 6.42 Å². The van der Waals surface area contributed by atoms with E-state index in [0.29, 0.717) is 11.0 Å². The number of benzene rings is 1. The number of rotatable bonds is 1. The van der Waals surface area contributed by atoms with E-state index in [1.54, 1.807) is 11.3 Å². The second-order valence-corrected chi connectivity index (χ2v) is 7.20. The summed E-state index contributed by atoms with van der Waals surface area (Å²) >= 11 is 5.41. The lowest BCUT2D eigenvalue weighted by Gasteiger charge is -2.24. The molecule has 19 heavy (non-hydrogen) atoms. The van der Waals surface area contributed by atoms with Gasteiger partial charge < -0.3 is 5.73 Å². The Hall–Kier alpha value is -0.870. The number of nitrogens with two attached hydrogens (primary N) is 1. The molecule has 1 atom stereocenters. The Bertz CT molecular complexity index is 610. The zero-order valence-corrected chi connectivity index (χ0v) is 13.6. The molecular weight excluding hydrogens is 320 g/mol. The van der Waals surface area contributed by atoms with Crippen LogP contribution in [-0.2, 0) is 6.42 Å². The lowest BCUT2D eigenvalue weighted by molar-refractivity contribution is 0.613. The first-order valence-corrected chi connectivity index (χ1v) is 8.19. The molecule has 0 aliphatic heterocycles. The van der Waals surface area contributed by atoms with Crippen LogP contribution in [0, 0.1) is 13.8 Å². The Kier molecular flexibility index (Phi) is 3.39. The van der Waals surface area contributed by atoms with E-state index in [1.807, 2.05) is 0 Å². The molecule has 4 heteroatoms. The molecule has 1 aromatic heterocycles. The van der Waals surface area contributed by atoms with Gasteiger partial charge in [0.15, 0.2) is 5.13 Å². The average molecular weight is 337 g/mol. The minimum atomic E-state index is 0.452. The lowest BCUT2D eigenvalue weighted by atomic mass is 9.84. The Morgan fingerprint density at radius 1 is 1.37 bits per heavy atom. The highest BCUT2D eigenvalue weighted by molar-refractivity contribution is 9.10. The van der Waals surface area contributed by atoms with Gasteiger partial charge in [0.05, 0.1) is 5.69 Å². The van der Waals surface area contributed by atoms with Gasteiger partial charge in [-0.3, -0.25) is 0 Å². The van der Waals surface area contributed by atoms with Crippen LogP contribution in [0.25, 0.3) is 0 Å². The average Bonchev–Trinajstić information content (AvgIpc) is 2.68. The van der Waals surface area contributed by atoms with Gasteiger partial charge in [0.1, 0.15) is 0 Å². The first-order chi connectivity index (χ1) is 9.06. The van der Waals surface area contributed by atoms with Crippen LogP contribution in [0.15, 0.2) is 16.6 Å². The lowest BCUT2D eigenvalue weighted by Crippen LogP contribution is -2.11. The van der Waals surface area contributed by atoms with Crippen LogP contribution in [0.2, 0.25) is 0 Å². The molecule has 0 bridgehead atoms. The molecule has 100 valence electrons. The standard InChI is InChI=1S/C15H17BrN2S/c1-8-6-9(2)13(11(16)7-8)10-4-3-5-12-14(10)19-15(17)18-12/h6-7,10H,3-5H2,1-2H3,(H2,17,18). The first kappa shape index (κ1) is 13.1. The summed E-state index contributed by atoms with van der Waals surface area (Å²) < 4.78 is 1.22. The van der Waals surface area contributed by atoms with E-state index in [9.17, 15) is 0 Å². The fourth-order valence-corrected chi connectivity index (χ4v) is 5.06. The predicted octanol–water partition coefficient (Wildman–Crippen LogP) is 4.57. The molecular formula is C15H17BrN2S. The van der Waals surface area contributed by atoms with Crippen molar-refractivity contribution in [2.75, 3.05) is 5.73 Å². The van der Waals surface area contributed by atoms with Crippen LogP contribution in [0.5, 0.6) is 0 Å². The molecule has 3 rings (SSSR count). The third-order valence-electron chi connectivity index (χ3n) is 3.80. The zero-order chi connectivity index (χ0) is 13.6. The van der Waals surface area contributed by atoms with Gasteiger partial charge in [-0.1, -0.05) is 22.0 Å². The molecule has 1 aliphatic rings. The summed E-state index contributed by atoms with van der Waals surface area (Å²) in [6.45, 7) is 4.34. The van der Waals surface area contributed by atoms with Crippen LogP contribution < -0.4 is 5.73 Å². The summed E-state index contributed by atoms with van der Waals surface area (Å²) in [5.41, 5.74) is 11.2. The second kappa shape index (κ2) is 4.91. The van der Waals surface area contributed by atoms with Crippen LogP contribution in [0.4, 0.5) is 5.13 Å². The van der Waals surface area contributed by atoms with Crippen molar-refractivity contribution in [3.8, 4) is 0 Å². The van der Waals surface area contributed by atoms with E-state index in [1.165, 1.54) is 44.6 Å². The number of nitrogens with zero attached hydrogens (tertiary/aromatic N) is 1. The van der Waals surface area contributed by atoms with Crippen LogP contribution in [0.1, 0.15) is 46.0 Å². The molecule has 1 aromatic carbocycles. The minimum Gasteiger partial charge on any atom is -0.375 e. The molecule has 0 fully saturated rings. The van der Waals surface area contributed by atoms with Gasteiger partial charge in [0.25, 0.3) is 0 Å². The number of aromatic nitrogens is 1. The van der Waals surface area contributed by atoms with Crippen molar-refractivity contribution in [3.63, 3.8) is 0 Å². The molecule has 1 unspecified atom stereocenters. The van der Waals surface area contributed by atoms with Gasteiger partial charge in [0, 0.05) is 15.3 Å². The van der Waals surface area contributed by atoms with Crippen molar-refractivity contribution in [1.29, 1.82) is 0 Å². The highest BCUT2D eigenvalue weighted by Crippen LogP contribution is 2.44. The molecule has 2 N–H and O–H groups in total. The summed E-state index contributed by atoms with van der Waals surface area (Å²) in [6, 6.07) is 4.47. The number of anilines is 1. The van der Waals surface area contributed by atoms with Crippen molar-refractivity contribution in [1.82, 2.24) is 4.98 Å². The molecule has 1 aliphatic carbocycles. The summed E-state index contributed by atoms with van der Waals surface area (Å²) in [5.74, 6) is 0.452. The van der Waals surface area contributed by atoms with Crippen molar-refractivity contribution in [3.05, 3.63) is 43.9 Å². The number of hydrogen-bond donors (Lipinski definition) is 1. The third kappa shape index (κ3) is 2.32. The van der Waals surface area contributed by atoms with Crippen molar-refractivity contribution in [2.45, 2.75) is 39.0 Å². The molecule has 0 saturated carbocycles. The number of thiazole rings is 1. The third-order valence-corrected chi connectivity index (χ3v) is 5.49. The largest absolute Gasteiger partial charge is 0.375 e. The molecule has 0 amide bonds. The topological polar surface area (TPSA) is 38.9 Å². The van der Waals surface area contributed by atoms with Crippen molar-refractivity contribution in [2.24, 2.45) is 0 Å². The van der Waals surface area contributed by atoms with E-state index < -0.39 is 0 Å². The maximum Gasteiger partial charge on any atom is 0.180 e. The fraction of sp³-hybridized carbons (Fsp3) is 0.400. The maximum absolute atomic E-state index is 5.89. The molecule has 1 heterocycles. The normalized spacial score (nSPS) is 18.4. The summed E-state index contributed by atoms with van der Waals surface area (Å²) in [6.07, 6.45) is 3.46. The van der Waals surface area contributed by atoms with Gasteiger partial charge in [0.2, 0.25) is 0 Å². The van der Waals surface area contributed by atoms with Gasteiger partial charge in [-0.05, 0) is 55.9 Å². The van der Waals surface area contributed by atoms with Gasteiger partial charge in [-0.15, -0.1) is 11.3 Å². The zero-order valence-electron chi connectivity index (χ0n) is 11.2. The second-order valence-electron chi connectivity index (χ2n) is 5.29. The highest BCUT2D eigenvalue weighted by Gasteiger charge is 2.28. The van der Waals surface area contributed by atoms with E-state index in [4.69, 9.17) is 5.73 Å². The van der Waals surface area contributed by atoms with Gasteiger partial charge in [-0.2, -0.15) is 0 Å². The number of hydrogen-bond acceptors (Lipinski definition) is 3. The monoisotopic (exact) mass is 336 g/mol. The number of nitrogen functional groups attached to an aromatic ring is 1.